The Bertz CT molecular complexity index is 56.9. The van der Waals surface area contributed by atoms with Crippen molar-refractivity contribution in [1.82, 2.24) is 11.5 Å². The van der Waals surface area contributed by atoms with Gasteiger partial charge in [-0.1, -0.05) is 0 Å². The van der Waals surface area contributed by atoms with Crippen molar-refractivity contribution in [3.63, 3.8) is 0 Å². The molecule has 0 heterocycles. The van der Waals surface area contributed by atoms with Gasteiger partial charge in [-0.3, -0.25) is 4.79 Å². The van der Waals surface area contributed by atoms with Crippen LogP contribution in [0.2, 0.25) is 0 Å². The Labute approximate surface area is 44.5 Å². The van der Waals surface area contributed by atoms with Gasteiger partial charge in [0.2, 0.25) is 0 Å². The van der Waals surface area contributed by atoms with E-state index in [0.717, 1.165) is 0 Å². The lowest BCUT2D eigenvalue weighted by molar-refractivity contribution is 0.260. The summed E-state index contributed by atoms with van der Waals surface area (Å²) in [4.78, 5) is 9.71. The number of amides is 1. The molecule has 4 heteroatoms. The lowest BCUT2D eigenvalue weighted by atomic mass is 10.1. The minimum absolute atomic E-state index is 0. The van der Waals surface area contributed by atoms with Gasteiger partial charge in [0.15, 0.2) is 13.7 Å². The van der Waals surface area contributed by atoms with Crippen LogP contribution in [0.15, 0.2) is 0 Å². The van der Waals surface area contributed by atoms with E-state index in [1.807, 2.05) is 6.92 Å². The third-order valence-electron chi connectivity index (χ3n) is 0.351. The van der Waals surface area contributed by atoms with Crippen molar-refractivity contribution in [2.75, 3.05) is 6.54 Å². The average molecular weight is 99.9 g/mol. The topological polar surface area (TPSA) is 64.1 Å². The molecule has 0 aliphatic heterocycles. The molecule has 0 aromatic rings. The van der Waals surface area contributed by atoms with E-state index in [1.165, 1.54) is 0 Å². The summed E-state index contributed by atoms with van der Waals surface area (Å²) in [5.74, 6) is -0.461. The summed E-state index contributed by atoms with van der Waals surface area (Å²) in [5, 5.41) is 2.35. The molecule has 2 radical (unpaired) electrons. The van der Waals surface area contributed by atoms with Gasteiger partial charge in [0.1, 0.15) is 0 Å². The van der Waals surface area contributed by atoms with Gasteiger partial charge in [-0.05, 0) is 6.92 Å². The van der Waals surface area contributed by atoms with Crippen molar-refractivity contribution in [3.05, 3.63) is 0 Å². The lowest BCUT2D eigenvalue weighted by Gasteiger charge is -1.89. The molecule has 0 spiro atoms. The summed E-state index contributed by atoms with van der Waals surface area (Å²) < 4.78 is 0. The van der Waals surface area contributed by atoms with E-state index < -0.39 is 5.81 Å². The highest BCUT2D eigenvalue weighted by Gasteiger charge is 1.78. The van der Waals surface area contributed by atoms with E-state index in [0.29, 0.717) is 6.54 Å². The molecule has 0 saturated carbocycles. The first kappa shape index (κ1) is 9.71. The SMILES string of the molecule is N.[B]C(=O)NCC. The molecule has 0 atom stereocenters. The maximum atomic E-state index is 9.71. The molecule has 0 fully saturated rings. The zero-order chi connectivity index (χ0) is 4.99. The first-order valence-electron chi connectivity index (χ1n) is 1.80. The summed E-state index contributed by atoms with van der Waals surface area (Å²) in [6.07, 6.45) is 0. The minimum atomic E-state index is -0.461. The molecule has 0 saturated heterocycles. The predicted octanol–water partition coefficient (Wildman–Crippen LogP) is 0.0464. The Kier molecular flexibility index (Phi) is 7.62. The summed E-state index contributed by atoms with van der Waals surface area (Å²) in [6.45, 7) is 2.42. The van der Waals surface area contributed by atoms with E-state index in [4.69, 9.17) is 0 Å². The highest BCUT2D eigenvalue weighted by molar-refractivity contribution is 6.57. The summed E-state index contributed by atoms with van der Waals surface area (Å²) in [7, 11) is 4.65. The van der Waals surface area contributed by atoms with Crippen molar-refractivity contribution in [1.29, 1.82) is 0 Å². The maximum absolute atomic E-state index is 9.71. The standard InChI is InChI=1S/C3H6BNO.H3N/c1-2-5-3(4)6;/h2H2,1H3,(H,5,6);1H3. The molecule has 1 amide bonds. The normalized spacial score (nSPS) is 6.43. The predicted molar refractivity (Wildman–Crippen MR) is 29.8 cm³/mol. The Hall–Kier alpha value is -0.505. The smallest absolute Gasteiger partial charge is 0.200 e. The monoisotopic (exact) mass is 100 g/mol. The fourth-order valence-electron chi connectivity index (χ4n) is 0.174. The number of hydrogen-bond acceptors (Lipinski definition) is 2. The van der Waals surface area contributed by atoms with E-state index in [9.17, 15) is 4.79 Å². The molecule has 0 rings (SSSR count). The van der Waals surface area contributed by atoms with Gasteiger partial charge in [0, 0.05) is 6.54 Å². The number of carbonyl (C=O) groups excluding carboxylic acids is 1. The highest BCUT2D eigenvalue weighted by Crippen LogP contribution is 1.53. The van der Waals surface area contributed by atoms with Crippen LogP contribution in [-0.4, -0.2) is 20.2 Å². The molecule has 7 heavy (non-hydrogen) atoms. The molecular weight excluding hydrogens is 90.9 g/mol. The van der Waals surface area contributed by atoms with E-state index in [2.05, 4.69) is 13.2 Å². The van der Waals surface area contributed by atoms with E-state index in [1.54, 1.807) is 0 Å². The van der Waals surface area contributed by atoms with Crippen molar-refractivity contribution in [2.45, 2.75) is 6.92 Å². The Morgan fingerprint density at radius 2 is 2.29 bits per heavy atom. The second-order valence-electron chi connectivity index (χ2n) is 0.895. The zero-order valence-electron chi connectivity index (χ0n) is 4.40. The third-order valence-corrected chi connectivity index (χ3v) is 0.351. The number of hydrogen-bond donors (Lipinski definition) is 2. The molecule has 0 aliphatic carbocycles. The fraction of sp³-hybridized carbons (Fsp3) is 0.667. The van der Waals surface area contributed by atoms with Crippen LogP contribution in [0.1, 0.15) is 6.92 Å². The van der Waals surface area contributed by atoms with Crippen LogP contribution in [0.4, 0.5) is 4.79 Å². The van der Waals surface area contributed by atoms with Gasteiger partial charge < -0.3 is 11.5 Å². The fourth-order valence-corrected chi connectivity index (χ4v) is 0.174. The van der Waals surface area contributed by atoms with E-state index >= 15 is 0 Å². The number of carbonyl (C=O) groups is 1. The molecule has 40 valence electrons. The Balaban J connectivity index is 0. The molecule has 0 aliphatic rings. The van der Waals surface area contributed by atoms with Crippen molar-refractivity contribution in [3.8, 4) is 0 Å². The Morgan fingerprint density at radius 1 is 1.86 bits per heavy atom. The molecule has 3 nitrogen and oxygen atoms in total. The highest BCUT2D eigenvalue weighted by atomic mass is 16.1. The summed E-state index contributed by atoms with van der Waals surface area (Å²) >= 11 is 0. The average Bonchev–Trinajstić information content (AvgIpc) is 1.35. The van der Waals surface area contributed by atoms with Crippen LogP contribution in [0, 0.1) is 0 Å². The largest absolute Gasteiger partial charge is 0.366 e. The van der Waals surface area contributed by atoms with Crippen molar-refractivity contribution < 1.29 is 4.79 Å². The van der Waals surface area contributed by atoms with Gasteiger partial charge in [-0.2, -0.15) is 0 Å². The summed E-state index contributed by atoms with van der Waals surface area (Å²) in [5.41, 5.74) is 0. The van der Waals surface area contributed by atoms with Crippen molar-refractivity contribution >= 4 is 13.7 Å². The molecule has 0 bridgehead atoms. The van der Waals surface area contributed by atoms with Crippen LogP contribution < -0.4 is 11.5 Å². The molecule has 4 N–H and O–H groups in total. The molecule has 0 aromatic carbocycles. The number of rotatable bonds is 1. The van der Waals surface area contributed by atoms with Crippen molar-refractivity contribution in [2.24, 2.45) is 0 Å². The summed E-state index contributed by atoms with van der Waals surface area (Å²) in [6, 6.07) is 0. The van der Waals surface area contributed by atoms with Gasteiger partial charge in [-0.25, -0.2) is 0 Å². The van der Waals surface area contributed by atoms with Crippen LogP contribution in [0.3, 0.4) is 0 Å². The molecular formula is C3H9BN2O. The van der Waals surface area contributed by atoms with E-state index in [-0.39, 0.29) is 6.15 Å². The first-order chi connectivity index (χ1) is 2.77. The van der Waals surface area contributed by atoms with Gasteiger partial charge >= 0.3 is 0 Å². The minimum Gasteiger partial charge on any atom is -0.366 e. The van der Waals surface area contributed by atoms with Gasteiger partial charge in [-0.15, -0.1) is 0 Å². The maximum Gasteiger partial charge on any atom is 0.200 e. The van der Waals surface area contributed by atoms with Crippen LogP contribution in [0.25, 0.3) is 0 Å². The quantitative estimate of drug-likeness (QED) is 0.457. The first-order valence-corrected chi connectivity index (χ1v) is 1.80. The Morgan fingerprint density at radius 3 is 2.29 bits per heavy atom. The van der Waals surface area contributed by atoms with Crippen LogP contribution in [-0.2, 0) is 0 Å². The molecule has 0 aromatic heterocycles. The second-order valence-corrected chi connectivity index (χ2v) is 0.895. The van der Waals surface area contributed by atoms with Crippen LogP contribution >= 0.6 is 0 Å². The lowest BCUT2D eigenvalue weighted by Crippen LogP contribution is -2.20. The zero-order valence-corrected chi connectivity index (χ0v) is 4.40. The number of nitrogens with one attached hydrogen (secondary N) is 1. The third kappa shape index (κ3) is 10.8. The van der Waals surface area contributed by atoms with Gasteiger partial charge in [0.05, 0.1) is 0 Å². The second kappa shape index (κ2) is 5.49. The molecule has 0 unspecified atom stereocenters. The van der Waals surface area contributed by atoms with Crippen LogP contribution in [0.5, 0.6) is 0 Å². The van der Waals surface area contributed by atoms with Gasteiger partial charge in [0.25, 0.3) is 0 Å².